The largest absolute Gasteiger partial charge is 0.507 e. The molecule has 5 nitrogen and oxygen atoms in total. The average molecular weight is 199 g/mol. The van der Waals surface area contributed by atoms with Gasteiger partial charge in [-0.05, 0) is 12.1 Å². The van der Waals surface area contributed by atoms with Gasteiger partial charge in [-0.3, -0.25) is 5.32 Å². The number of aromatic hydroxyl groups is 2. The molecule has 0 saturated heterocycles. The number of aliphatic hydroxyl groups is 2. The summed E-state index contributed by atoms with van der Waals surface area (Å²) in [6.45, 7) is 1.10. The molecule has 0 aliphatic heterocycles. The first-order valence-electron chi connectivity index (χ1n) is 4.10. The molecule has 0 unspecified atom stereocenters. The fraction of sp³-hybridized carbons (Fsp3) is 0.333. The third kappa shape index (κ3) is 2.88. The zero-order chi connectivity index (χ0) is 10.8. The molecule has 0 fully saturated rings. The van der Waals surface area contributed by atoms with Crippen LogP contribution in [0.1, 0.15) is 12.5 Å². The van der Waals surface area contributed by atoms with Gasteiger partial charge in [0.15, 0.2) is 0 Å². The minimum Gasteiger partial charge on any atom is -0.507 e. The van der Waals surface area contributed by atoms with Crippen LogP contribution >= 0.6 is 0 Å². The fourth-order valence-corrected chi connectivity index (χ4v) is 1.000. The first kappa shape index (κ1) is 10.8. The van der Waals surface area contributed by atoms with Crippen LogP contribution < -0.4 is 5.32 Å². The maximum Gasteiger partial charge on any atom is 0.219 e. The minimum absolute atomic E-state index is 0.0397. The highest BCUT2D eigenvalue weighted by Crippen LogP contribution is 2.25. The summed E-state index contributed by atoms with van der Waals surface area (Å²) in [5.41, 5.74) is 0.224. The van der Waals surface area contributed by atoms with E-state index in [1.54, 1.807) is 0 Å². The second kappa shape index (κ2) is 3.83. The van der Waals surface area contributed by atoms with Gasteiger partial charge in [-0.1, -0.05) is 6.07 Å². The number of phenolic OH excluding ortho intramolecular Hbond substituents is 2. The number of nitrogens with one attached hydrogen (secondary N) is 1. The van der Waals surface area contributed by atoms with Crippen LogP contribution in [0.3, 0.4) is 0 Å². The Labute approximate surface area is 81.3 Å². The topological polar surface area (TPSA) is 93.0 Å². The number of rotatable bonds is 3. The van der Waals surface area contributed by atoms with Crippen molar-refractivity contribution in [3.63, 3.8) is 0 Å². The second-order valence-electron chi connectivity index (χ2n) is 3.15. The summed E-state index contributed by atoms with van der Waals surface area (Å²) in [5.74, 6) is -2.22. The van der Waals surface area contributed by atoms with Crippen LogP contribution in [0.2, 0.25) is 0 Å². The number of hydrogen-bond donors (Lipinski definition) is 5. The van der Waals surface area contributed by atoms with Gasteiger partial charge in [0.1, 0.15) is 11.5 Å². The Morgan fingerprint density at radius 1 is 1.21 bits per heavy atom. The Kier molecular flexibility index (Phi) is 2.95. The second-order valence-corrected chi connectivity index (χ2v) is 3.15. The Balaban J connectivity index is 2.77. The van der Waals surface area contributed by atoms with Crippen LogP contribution in [0.15, 0.2) is 18.2 Å². The summed E-state index contributed by atoms with van der Waals surface area (Å²) in [4.78, 5) is 0. The third-order valence-electron chi connectivity index (χ3n) is 1.73. The standard InChI is InChI=1S/C9H13NO4/c1-9(13,14)10-5-6-7(11)3-2-4-8(6)12/h2-4,10-14H,5H2,1H3. The molecular formula is C9H13NO4. The lowest BCUT2D eigenvalue weighted by Gasteiger charge is -2.18. The van der Waals surface area contributed by atoms with Crippen molar-refractivity contribution in [1.29, 1.82) is 0 Å². The SMILES string of the molecule is CC(O)(O)NCc1c(O)cccc1O. The minimum atomic E-state index is -2.03. The maximum absolute atomic E-state index is 9.32. The molecule has 14 heavy (non-hydrogen) atoms. The normalized spacial score (nSPS) is 11.6. The predicted octanol–water partition coefficient (Wildman–Crippen LogP) is -0.154. The van der Waals surface area contributed by atoms with Crippen LogP contribution in [-0.4, -0.2) is 26.3 Å². The monoisotopic (exact) mass is 199 g/mol. The summed E-state index contributed by atoms with van der Waals surface area (Å²) in [6, 6.07) is 4.30. The molecule has 5 N–H and O–H groups in total. The molecule has 0 saturated carbocycles. The Morgan fingerprint density at radius 2 is 1.71 bits per heavy atom. The highest BCUT2D eigenvalue weighted by Gasteiger charge is 2.15. The van der Waals surface area contributed by atoms with E-state index in [1.807, 2.05) is 0 Å². The van der Waals surface area contributed by atoms with E-state index in [4.69, 9.17) is 10.2 Å². The number of phenols is 2. The van der Waals surface area contributed by atoms with Gasteiger partial charge in [-0.15, -0.1) is 0 Å². The molecule has 0 atom stereocenters. The quantitative estimate of drug-likeness (QED) is 0.436. The number of benzene rings is 1. The molecule has 0 spiro atoms. The fourth-order valence-electron chi connectivity index (χ4n) is 1.000. The molecule has 0 radical (unpaired) electrons. The van der Waals surface area contributed by atoms with E-state index >= 15 is 0 Å². The first-order chi connectivity index (χ1) is 6.40. The van der Waals surface area contributed by atoms with Crippen molar-refractivity contribution in [3.8, 4) is 11.5 Å². The van der Waals surface area contributed by atoms with Crippen LogP contribution in [0, 0.1) is 0 Å². The van der Waals surface area contributed by atoms with Crippen molar-refractivity contribution >= 4 is 0 Å². The zero-order valence-corrected chi connectivity index (χ0v) is 7.73. The van der Waals surface area contributed by atoms with E-state index < -0.39 is 5.91 Å². The molecular weight excluding hydrogens is 186 g/mol. The molecule has 1 aromatic carbocycles. The maximum atomic E-state index is 9.32. The van der Waals surface area contributed by atoms with E-state index in [0.29, 0.717) is 0 Å². The van der Waals surface area contributed by atoms with Crippen molar-refractivity contribution in [3.05, 3.63) is 23.8 Å². The zero-order valence-electron chi connectivity index (χ0n) is 7.73. The van der Waals surface area contributed by atoms with Crippen LogP contribution in [0.25, 0.3) is 0 Å². The average Bonchev–Trinajstić information content (AvgIpc) is 2.01. The molecule has 0 aliphatic carbocycles. The predicted molar refractivity (Wildman–Crippen MR) is 49.5 cm³/mol. The van der Waals surface area contributed by atoms with Gasteiger partial charge in [-0.2, -0.15) is 0 Å². The van der Waals surface area contributed by atoms with Gasteiger partial charge in [0.25, 0.3) is 0 Å². The number of hydrogen-bond acceptors (Lipinski definition) is 5. The van der Waals surface area contributed by atoms with E-state index in [1.165, 1.54) is 18.2 Å². The summed E-state index contributed by atoms with van der Waals surface area (Å²) in [6.07, 6.45) is 0. The van der Waals surface area contributed by atoms with E-state index in [2.05, 4.69) is 5.32 Å². The Bertz CT molecular complexity index is 299. The van der Waals surface area contributed by atoms with Crippen molar-refractivity contribution in [2.75, 3.05) is 0 Å². The van der Waals surface area contributed by atoms with Gasteiger partial charge in [0, 0.05) is 19.0 Å². The Morgan fingerprint density at radius 3 is 2.14 bits per heavy atom. The molecule has 0 amide bonds. The van der Waals surface area contributed by atoms with Crippen molar-refractivity contribution < 1.29 is 20.4 Å². The van der Waals surface area contributed by atoms with Gasteiger partial charge < -0.3 is 20.4 Å². The van der Waals surface area contributed by atoms with Crippen molar-refractivity contribution in [2.45, 2.75) is 19.4 Å². The summed E-state index contributed by atoms with van der Waals surface area (Å²) in [5, 5.41) is 38.8. The summed E-state index contributed by atoms with van der Waals surface area (Å²) >= 11 is 0. The highest BCUT2D eigenvalue weighted by atomic mass is 16.5. The molecule has 0 aliphatic rings. The van der Waals surface area contributed by atoms with Crippen LogP contribution in [0.5, 0.6) is 11.5 Å². The molecule has 0 aromatic heterocycles. The molecule has 0 heterocycles. The van der Waals surface area contributed by atoms with E-state index in [0.717, 1.165) is 6.92 Å². The molecule has 0 bridgehead atoms. The lowest BCUT2D eigenvalue weighted by atomic mass is 10.1. The summed E-state index contributed by atoms with van der Waals surface area (Å²) < 4.78 is 0. The smallest absolute Gasteiger partial charge is 0.219 e. The van der Waals surface area contributed by atoms with Crippen LogP contribution in [0.4, 0.5) is 0 Å². The van der Waals surface area contributed by atoms with Gasteiger partial charge >= 0.3 is 0 Å². The van der Waals surface area contributed by atoms with Gasteiger partial charge in [0.05, 0.1) is 0 Å². The first-order valence-corrected chi connectivity index (χ1v) is 4.10. The van der Waals surface area contributed by atoms with Gasteiger partial charge in [-0.25, -0.2) is 0 Å². The van der Waals surface area contributed by atoms with Crippen LogP contribution in [-0.2, 0) is 6.54 Å². The lowest BCUT2D eigenvalue weighted by molar-refractivity contribution is -0.170. The highest BCUT2D eigenvalue weighted by molar-refractivity contribution is 5.42. The lowest BCUT2D eigenvalue weighted by Crippen LogP contribution is -2.41. The molecule has 1 aromatic rings. The molecule has 5 heteroatoms. The Hall–Kier alpha value is -1.30. The molecule has 78 valence electrons. The van der Waals surface area contributed by atoms with Crippen molar-refractivity contribution in [2.24, 2.45) is 0 Å². The molecule has 1 rings (SSSR count). The van der Waals surface area contributed by atoms with E-state index in [-0.39, 0.29) is 23.6 Å². The van der Waals surface area contributed by atoms with E-state index in [9.17, 15) is 10.2 Å². The third-order valence-corrected chi connectivity index (χ3v) is 1.73. The van der Waals surface area contributed by atoms with Crippen molar-refractivity contribution in [1.82, 2.24) is 5.32 Å². The summed E-state index contributed by atoms with van der Waals surface area (Å²) in [7, 11) is 0. The van der Waals surface area contributed by atoms with Gasteiger partial charge in [0.2, 0.25) is 5.91 Å².